The minimum absolute atomic E-state index is 0.0415. The molecule has 6 nitrogen and oxygen atoms in total. The van der Waals surface area contributed by atoms with Gasteiger partial charge in [0.2, 0.25) is 5.91 Å². The number of Topliss-reactive ketones (excluding diaryl/α,β-unsaturated/α-hetero) is 1. The summed E-state index contributed by atoms with van der Waals surface area (Å²) in [7, 11) is 0. The molecule has 9 heteroatoms. The van der Waals surface area contributed by atoms with Gasteiger partial charge in [-0.2, -0.15) is 0 Å². The smallest absolute Gasteiger partial charge is 0.312 e. The maximum absolute atomic E-state index is 14.0. The number of rotatable bonds is 1. The van der Waals surface area contributed by atoms with Crippen molar-refractivity contribution in [1.29, 1.82) is 0 Å². The molecule has 0 saturated carbocycles. The maximum atomic E-state index is 14.0. The van der Waals surface area contributed by atoms with Crippen LogP contribution in [-0.2, 0) is 9.59 Å². The first-order chi connectivity index (χ1) is 15.7. The fourth-order valence-electron chi connectivity index (χ4n) is 4.97. The van der Waals surface area contributed by atoms with E-state index in [9.17, 15) is 27.6 Å². The average molecular weight is 459 g/mol. The Kier molecular flexibility index (Phi) is 4.95. The third-order valence-electron chi connectivity index (χ3n) is 6.73. The molecule has 0 aliphatic carbocycles. The van der Waals surface area contributed by atoms with Gasteiger partial charge in [0.25, 0.3) is 0 Å². The summed E-state index contributed by atoms with van der Waals surface area (Å²) in [6, 6.07) is 4.66. The summed E-state index contributed by atoms with van der Waals surface area (Å²) < 4.78 is 53.3. The molecule has 2 aromatic rings. The number of fused-ring (bicyclic) bond motifs is 3. The van der Waals surface area contributed by atoms with Gasteiger partial charge in [-0.15, -0.1) is 0 Å². The molecule has 1 amide bonds. The Morgan fingerprint density at radius 2 is 1.76 bits per heavy atom. The van der Waals surface area contributed by atoms with Crippen molar-refractivity contribution < 1.29 is 37.0 Å². The Labute approximate surface area is 187 Å². The second kappa shape index (κ2) is 7.60. The number of amides is 1. The lowest BCUT2D eigenvalue weighted by Gasteiger charge is -2.45. The summed E-state index contributed by atoms with van der Waals surface area (Å²) in [5.74, 6) is -5.74. The molecule has 1 atom stereocenters. The molecule has 3 aliphatic rings. The van der Waals surface area contributed by atoms with E-state index in [0.29, 0.717) is 37.1 Å². The van der Waals surface area contributed by atoms with Gasteiger partial charge in [-0.05, 0) is 29.8 Å². The van der Waals surface area contributed by atoms with Gasteiger partial charge in [0, 0.05) is 44.3 Å². The van der Waals surface area contributed by atoms with Gasteiger partial charge in [-0.25, -0.2) is 13.2 Å². The number of benzene rings is 2. The van der Waals surface area contributed by atoms with Gasteiger partial charge in [0.15, 0.2) is 23.2 Å². The largest absolute Gasteiger partial charge is 0.485 e. The molecule has 172 valence electrons. The van der Waals surface area contributed by atoms with E-state index in [0.717, 1.165) is 12.1 Å². The monoisotopic (exact) mass is 459 g/mol. The summed E-state index contributed by atoms with van der Waals surface area (Å²) >= 11 is 0. The van der Waals surface area contributed by atoms with Crippen LogP contribution in [-0.4, -0.2) is 41.3 Å². The molecule has 1 saturated heterocycles. The molecule has 3 heterocycles. The van der Waals surface area contributed by atoms with E-state index in [1.54, 1.807) is 4.90 Å². The van der Waals surface area contributed by atoms with Crippen LogP contribution < -0.4 is 9.47 Å². The number of hydrogen-bond acceptors (Lipinski definition) is 5. The number of ketones is 1. The van der Waals surface area contributed by atoms with Crippen molar-refractivity contribution >= 4 is 17.7 Å². The second-order valence-corrected chi connectivity index (χ2v) is 8.77. The quantitative estimate of drug-likeness (QED) is 0.368. The molecular formula is C24H20F3NO5. The Morgan fingerprint density at radius 3 is 2.39 bits per heavy atom. The van der Waals surface area contributed by atoms with E-state index in [2.05, 4.69) is 0 Å². The van der Waals surface area contributed by atoms with Gasteiger partial charge in [-0.3, -0.25) is 14.4 Å². The van der Waals surface area contributed by atoms with Crippen LogP contribution in [0.1, 0.15) is 60.0 Å². The summed E-state index contributed by atoms with van der Waals surface area (Å²) in [5.41, 5.74) is -0.172. The molecule has 0 bridgehead atoms. The Morgan fingerprint density at radius 1 is 1.09 bits per heavy atom. The number of halogens is 3. The number of likely N-dealkylation sites (tertiary alicyclic amines) is 1. The summed E-state index contributed by atoms with van der Waals surface area (Å²) in [6.07, 6.45) is 0.753. The first-order valence-corrected chi connectivity index (χ1v) is 10.7. The van der Waals surface area contributed by atoms with Crippen LogP contribution >= 0.6 is 0 Å². The number of esters is 1. The molecule has 0 N–H and O–H groups in total. The average Bonchev–Trinajstić information content (AvgIpc) is 2.76. The lowest BCUT2D eigenvalue weighted by molar-refractivity contribution is -0.135. The van der Waals surface area contributed by atoms with Gasteiger partial charge in [-0.1, -0.05) is 0 Å². The minimum Gasteiger partial charge on any atom is -0.485 e. The molecule has 1 spiro atoms. The van der Waals surface area contributed by atoms with Crippen molar-refractivity contribution in [2.24, 2.45) is 0 Å². The molecular weight excluding hydrogens is 439 g/mol. The summed E-state index contributed by atoms with van der Waals surface area (Å²) in [4.78, 5) is 38.7. The lowest BCUT2D eigenvalue weighted by atomic mass is 9.79. The van der Waals surface area contributed by atoms with Crippen LogP contribution in [0, 0.1) is 17.5 Å². The van der Waals surface area contributed by atoms with Gasteiger partial charge >= 0.3 is 5.97 Å². The highest BCUT2D eigenvalue weighted by Gasteiger charge is 2.46. The Bertz CT molecular complexity index is 1180. The summed E-state index contributed by atoms with van der Waals surface area (Å²) in [6.45, 7) is 2.34. The van der Waals surface area contributed by atoms with E-state index in [-0.39, 0.29) is 41.6 Å². The van der Waals surface area contributed by atoms with Crippen molar-refractivity contribution in [2.75, 3.05) is 13.1 Å². The van der Waals surface area contributed by atoms with E-state index < -0.39 is 34.9 Å². The van der Waals surface area contributed by atoms with Crippen LogP contribution in [0.2, 0.25) is 0 Å². The van der Waals surface area contributed by atoms with Gasteiger partial charge in [0.1, 0.15) is 17.1 Å². The third kappa shape index (κ3) is 3.55. The number of hydrogen-bond donors (Lipinski definition) is 0. The lowest BCUT2D eigenvalue weighted by Crippen LogP contribution is -2.52. The minimum atomic E-state index is -1.60. The normalized spacial score (nSPS) is 21.2. The molecule has 3 aliphatic heterocycles. The van der Waals surface area contributed by atoms with E-state index in [4.69, 9.17) is 9.47 Å². The van der Waals surface area contributed by atoms with Crippen LogP contribution in [0.4, 0.5) is 13.2 Å². The number of nitrogens with zero attached hydrogens (tertiary/aromatic N) is 1. The van der Waals surface area contributed by atoms with Crippen LogP contribution in [0.25, 0.3) is 0 Å². The molecule has 0 radical (unpaired) electrons. The fraction of sp³-hybridized carbons (Fsp3) is 0.375. The highest BCUT2D eigenvalue weighted by Crippen LogP contribution is 2.50. The Balaban J connectivity index is 1.61. The van der Waals surface area contributed by atoms with E-state index >= 15 is 0 Å². The second-order valence-electron chi connectivity index (χ2n) is 8.77. The molecule has 0 aromatic heterocycles. The van der Waals surface area contributed by atoms with Crippen molar-refractivity contribution in [1.82, 2.24) is 4.90 Å². The molecule has 33 heavy (non-hydrogen) atoms. The number of piperidine rings is 1. The van der Waals surface area contributed by atoms with Gasteiger partial charge in [0.05, 0.1) is 18.4 Å². The van der Waals surface area contributed by atoms with Crippen molar-refractivity contribution in [3.05, 3.63) is 58.4 Å². The predicted molar refractivity (Wildman–Crippen MR) is 109 cm³/mol. The molecule has 2 aromatic carbocycles. The first kappa shape index (κ1) is 21.5. The van der Waals surface area contributed by atoms with E-state index in [1.807, 2.05) is 0 Å². The first-order valence-electron chi connectivity index (χ1n) is 10.7. The molecule has 1 unspecified atom stereocenters. The zero-order chi connectivity index (χ0) is 23.5. The van der Waals surface area contributed by atoms with Crippen molar-refractivity contribution in [3.8, 4) is 11.5 Å². The fourth-order valence-corrected chi connectivity index (χ4v) is 4.97. The molecule has 5 rings (SSSR count). The van der Waals surface area contributed by atoms with Crippen LogP contribution in [0.15, 0.2) is 24.3 Å². The standard InChI is InChI=1S/C24H20F3NO5/c1-12(29)28-6-4-24(5-7-28)11-18(30)14-2-3-19-21(23(14)33-24)15(10-20(31)32-19)13-8-16(25)22(27)17(26)9-13/h2-3,8-9,15H,4-7,10-11H2,1H3. The van der Waals surface area contributed by atoms with Crippen molar-refractivity contribution in [3.63, 3.8) is 0 Å². The van der Waals surface area contributed by atoms with Crippen LogP contribution in [0.3, 0.4) is 0 Å². The van der Waals surface area contributed by atoms with Crippen molar-refractivity contribution in [2.45, 2.75) is 44.1 Å². The zero-order valence-corrected chi connectivity index (χ0v) is 17.8. The van der Waals surface area contributed by atoms with Crippen LogP contribution in [0.5, 0.6) is 11.5 Å². The van der Waals surface area contributed by atoms with E-state index in [1.165, 1.54) is 19.1 Å². The SMILES string of the molecule is CC(=O)N1CCC2(CC1)CC(=O)c1ccc3c(c1O2)C(c1cc(F)c(F)c(F)c1)CC(=O)O3. The number of carbonyl (C=O) groups is 3. The highest BCUT2D eigenvalue weighted by atomic mass is 19.2. The summed E-state index contributed by atoms with van der Waals surface area (Å²) in [5, 5.41) is 0. The number of carbonyl (C=O) groups excluding carboxylic acids is 3. The highest BCUT2D eigenvalue weighted by molar-refractivity contribution is 6.01. The molecule has 1 fully saturated rings. The number of ether oxygens (including phenoxy) is 2. The van der Waals surface area contributed by atoms with Gasteiger partial charge < -0.3 is 14.4 Å². The maximum Gasteiger partial charge on any atom is 0.312 e. The predicted octanol–water partition coefficient (Wildman–Crippen LogP) is 3.89. The zero-order valence-electron chi connectivity index (χ0n) is 17.8. The topological polar surface area (TPSA) is 72.9 Å². The third-order valence-corrected chi connectivity index (χ3v) is 6.73. The Hall–Kier alpha value is -3.36.